The molecular formula is C10H16N2O3S2. The molecule has 96 valence electrons. The van der Waals surface area contributed by atoms with E-state index in [4.69, 9.17) is 0 Å². The molecule has 2 unspecified atom stereocenters. The summed E-state index contributed by atoms with van der Waals surface area (Å²) in [6.45, 7) is 4.28. The van der Waals surface area contributed by atoms with Crippen molar-refractivity contribution in [1.82, 2.24) is 4.98 Å². The average molecular weight is 276 g/mol. The van der Waals surface area contributed by atoms with Crippen molar-refractivity contribution in [3.8, 4) is 0 Å². The van der Waals surface area contributed by atoms with Gasteiger partial charge in [-0.1, -0.05) is 0 Å². The molecule has 0 fully saturated rings. The maximum absolute atomic E-state index is 11.3. The van der Waals surface area contributed by atoms with E-state index in [9.17, 15) is 9.00 Å². The van der Waals surface area contributed by atoms with E-state index >= 15 is 0 Å². The number of anilines is 1. The first-order valence-corrected chi connectivity index (χ1v) is 7.51. The Bertz CT molecular complexity index is 431. The molecule has 1 rings (SSSR count). The molecule has 1 N–H and O–H groups in total. The summed E-state index contributed by atoms with van der Waals surface area (Å²) in [5, 5.41) is 3.77. The number of thiazole rings is 1. The zero-order chi connectivity index (χ0) is 13.0. The molecule has 1 aromatic rings. The minimum atomic E-state index is -0.870. The van der Waals surface area contributed by atoms with E-state index in [2.05, 4.69) is 15.0 Å². The molecule has 1 heterocycles. The van der Waals surface area contributed by atoms with E-state index < -0.39 is 16.8 Å². The molecular weight excluding hydrogens is 260 g/mol. The van der Waals surface area contributed by atoms with E-state index in [-0.39, 0.29) is 5.25 Å². The van der Waals surface area contributed by atoms with Crippen molar-refractivity contribution in [3.63, 3.8) is 0 Å². The number of aromatic nitrogens is 1. The van der Waals surface area contributed by atoms with E-state index in [1.165, 1.54) is 18.4 Å². The summed E-state index contributed by atoms with van der Waals surface area (Å²) in [7, 11) is 0.460. The van der Waals surface area contributed by atoms with E-state index in [1.807, 2.05) is 13.8 Å². The van der Waals surface area contributed by atoms with Crippen LogP contribution in [-0.2, 0) is 15.5 Å². The van der Waals surface area contributed by atoms with Gasteiger partial charge >= 0.3 is 5.97 Å². The standard InChI is InChI=1S/C10H16N2O3S2/c1-6(17(4)14)5-11-10-12-8(7(2)16-10)9(13)15-3/h6H,5H2,1-4H3,(H,11,12). The monoisotopic (exact) mass is 276 g/mol. The number of hydrogen-bond donors (Lipinski definition) is 1. The molecule has 0 aliphatic carbocycles. The molecule has 2 atom stereocenters. The van der Waals surface area contributed by atoms with Crippen LogP contribution in [0.3, 0.4) is 0 Å². The fraction of sp³-hybridized carbons (Fsp3) is 0.600. The van der Waals surface area contributed by atoms with Crippen molar-refractivity contribution < 1.29 is 13.7 Å². The number of methoxy groups -OCH3 is 1. The molecule has 0 spiro atoms. The van der Waals surface area contributed by atoms with Crippen molar-refractivity contribution in [2.24, 2.45) is 0 Å². The molecule has 0 amide bonds. The maximum Gasteiger partial charge on any atom is 0.357 e. The van der Waals surface area contributed by atoms with Gasteiger partial charge in [-0.2, -0.15) is 0 Å². The van der Waals surface area contributed by atoms with E-state index in [1.54, 1.807) is 6.26 Å². The van der Waals surface area contributed by atoms with Gasteiger partial charge in [0.1, 0.15) is 0 Å². The normalized spacial score (nSPS) is 14.1. The highest BCUT2D eigenvalue weighted by molar-refractivity contribution is 7.84. The molecule has 0 aliphatic rings. The van der Waals surface area contributed by atoms with Crippen LogP contribution < -0.4 is 5.32 Å². The highest BCUT2D eigenvalue weighted by Gasteiger charge is 2.16. The Labute approximate surface area is 107 Å². The van der Waals surface area contributed by atoms with Gasteiger partial charge in [0.05, 0.1) is 7.11 Å². The Morgan fingerprint density at radius 2 is 2.29 bits per heavy atom. The summed E-state index contributed by atoms with van der Waals surface area (Å²) in [6.07, 6.45) is 1.67. The second-order valence-corrected chi connectivity index (χ2v) is 6.61. The van der Waals surface area contributed by atoms with Crippen LogP contribution in [0.1, 0.15) is 22.3 Å². The summed E-state index contributed by atoms with van der Waals surface area (Å²) in [5.41, 5.74) is 0.338. The van der Waals surface area contributed by atoms with Crippen molar-refractivity contribution in [2.45, 2.75) is 19.1 Å². The van der Waals surface area contributed by atoms with Crippen LogP contribution >= 0.6 is 11.3 Å². The van der Waals surface area contributed by atoms with Crippen LogP contribution in [0, 0.1) is 6.92 Å². The van der Waals surface area contributed by atoms with Gasteiger partial charge in [-0.05, 0) is 13.8 Å². The lowest BCUT2D eigenvalue weighted by Gasteiger charge is -2.07. The topological polar surface area (TPSA) is 68.3 Å². The second kappa shape index (κ2) is 6.11. The van der Waals surface area contributed by atoms with Crippen molar-refractivity contribution in [1.29, 1.82) is 0 Å². The van der Waals surface area contributed by atoms with E-state index in [0.29, 0.717) is 17.4 Å². The molecule has 0 aromatic carbocycles. The molecule has 1 aromatic heterocycles. The molecule has 0 aliphatic heterocycles. The second-order valence-electron chi connectivity index (χ2n) is 3.61. The number of rotatable bonds is 5. The van der Waals surface area contributed by atoms with E-state index in [0.717, 1.165) is 4.88 Å². The zero-order valence-electron chi connectivity index (χ0n) is 10.3. The third-order valence-corrected chi connectivity index (χ3v) is 4.51. The molecule has 5 nitrogen and oxygen atoms in total. The molecule has 17 heavy (non-hydrogen) atoms. The molecule has 0 radical (unpaired) electrons. The number of ether oxygens (including phenoxy) is 1. The van der Waals surface area contributed by atoms with Gasteiger partial charge in [0, 0.05) is 33.7 Å². The Morgan fingerprint density at radius 1 is 1.65 bits per heavy atom. The lowest BCUT2D eigenvalue weighted by atomic mass is 10.4. The maximum atomic E-state index is 11.3. The minimum absolute atomic E-state index is 0.0424. The van der Waals surface area contributed by atoms with Gasteiger partial charge in [0.25, 0.3) is 0 Å². The Morgan fingerprint density at radius 3 is 2.82 bits per heavy atom. The highest BCUT2D eigenvalue weighted by Crippen LogP contribution is 2.22. The van der Waals surface area contributed by atoms with Crippen LogP contribution in [0.2, 0.25) is 0 Å². The zero-order valence-corrected chi connectivity index (χ0v) is 11.9. The summed E-state index contributed by atoms with van der Waals surface area (Å²) < 4.78 is 15.8. The number of carbonyl (C=O) groups is 1. The SMILES string of the molecule is COC(=O)c1nc(NCC(C)S(C)=O)sc1C. The van der Waals surface area contributed by atoms with Gasteiger partial charge < -0.3 is 10.1 Å². The van der Waals surface area contributed by atoms with Gasteiger partial charge in [-0.15, -0.1) is 11.3 Å². The number of carbonyl (C=O) groups excluding carboxylic acids is 1. The quantitative estimate of drug-likeness (QED) is 0.824. The Balaban J connectivity index is 2.68. The van der Waals surface area contributed by atoms with Crippen molar-refractivity contribution >= 4 is 33.2 Å². The van der Waals surface area contributed by atoms with Crippen molar-refractivity contribution in [2.75, 3.05) is 25.2 Å². The molecule has 0 bridgehead atoms. The number of aryl methyl sites for hydroxylation is 1. The van der Waals surface area contributed by atoms with Crippen molar-refractivity contribution in [3.05, 3.63) is 10.6 Å². The fourth-order valence-corrected chi connectivity index (χ4v) is 2.23. The first kappa shape index (κ1) is 14.1. The molecule has 0 saturated heterocycles. The first-order valence-electron chi connectivity index (χ1n) is 5.07. The summed E-state index contributed by atoms with van der Waals surface area (Å²) >= 11 is 1.39. The van der Waals surface area contributed by atoms with Gasteiger partial charge in [-0.25, -0.2) is 9.78 Å². The predicted molar refractivity (Wildman–Crippen MR) is 70.2 cm³/mol. The Kier molecular flexibility index (Phi) is 5.07. The average Bonchev–Trinajstić information content (AvgIpc) is 2.66. The summed E-state index contributed by atoms with van der Waals surface area (Å²) in [6, 6.07) is 0. The minimum Gasteiger partial charge on any atom is -0.464 e. The van der Waals surface area contributed by atoms with Crippen LogP contribution in [0.15, 0.2) is 0 Å². The largest absolute Gasteiger partial charge is 0.464 e. The van der Waals surface area contributed by atoms with Crippen LogP contribution in [-0.4, -0.2) is 40.3 Å². The lowest BCUT2D eigenvalue weighted by molar-refractivity contribution is 0.0594. The number of hydrogen-bond acceptors (Lipinski definition) is 6. The summed E-state index contributed by atoms with van der Waals surface area (Å²) in [5.74, 6) is -0.432. The van der Waals surface area contributed by atoms with Gasteiger partial charge in [-0.3, -0.25) is 4.21 Å². The Hall–Kier alpha value is -0.950. The van der Waals surface area contributed by atoms with Gasteiger partial charge in [0.15, 0.2) is 10.8 Å². The fourth-order valence-electron chi connectivity index (χ4n) is 1.11. The number of esters is 1. The lowest BCUT2D eigenvalue weighted by Crippen LogP contribution is -2.20. The molecule has 7 heteroatoms. The third-order valence-electron chi connectivity index (χ3n) is 2.28. The van der Waals surface area contributed by atoms with Crippen LogP contribution in [0.4, 0.5) is 5.13 Å². The highest BCUT2D eigenvalue weighted by atomic mass is 32.2. The first-order chi connectivity index (χ1) is 7.95. The number of nitrogens with zero attached hydrogens (tertiary/aromatic N) is 1. The van der Waals surface area contributed by atoms with Crippen LogP contribution in [0.5, 0.6) is 0 Å². The summed E-state index contributed by atoms with van der Waals surface area (Å²) in [4.78, 5) is 16.3. The third kappa shape index (κ3) is 3.78. The van der Waals surface area contributed by atoms with Gasteiger partial charge in [0.2, 0.25) is 0 Å². The van der Waals surface area contributed by atoms with Crippen LogP contribution in [0.25, 0.3) is 0 Å². The predicted octanol–water partition coefficient (Wildman–Crippen LogP) is 1.42. The smallest absolute Gasteiger partial charge is 0.357 e. The molecule has 0 saturated carbocycles. The number of nitrogens with one attached hydrogen (secondary N) is 1.